The molecule has 2 heterocycles. The number of benzene rings is 1. The molecule has 9 heteroatoms. The lowest BCUT2D eigenvalue weighted by Crippen LogP contribution is -2.41. The van der Waals surface area contributed by atoms with Gasteiger partial charge in [-0.1, -0.05) is 49.3 Å². The highest BCUT2D eigenvalue weighted by Gasteiger charge is 2.17. The van der Waals surface area contributed by atoms with Gasteiger partial charge in [0.2, 0.25) is 5.91 Å². The van der Waals surface area contributed by atoms with Gasteiger partial charge in [0.15, 0.2) is 5.76 Å². The first-order chi connectivity index (χ1) is 14.1. The average molecular weight is 468 g/mol. The minimum Gasteiger partial charge on any atom is -0.359 e. The minimum atomic E-state index is -0.670. The van der Waals surface area contributed by atoms with E-state index in [1.807, 2.05) is 35.0 Å². The molecule has 170 valence electrons. The average Bonchev–Trinajstić information content (AvgIpc) is 3.37. The minimum absolute atomic E-state index is 0. The van der Waals surface area contributed by atoms with Crippen molar-refractivity contribution in [1.29, 1.82) is 0 Å². The first kappa shape index (κ1) is 26.7. The number of amides is 1. The molecular formula is C22H31Cl2N5O2. The molecule has 0 saturated heterocycles. The SMILES string of the molecule is CCC(CC)c1cc(CNC(=O)[C@@H](N)Cc2cn(Cc3ccccc3)cn2)on1.Cl.Cl. The first-order valence-corrected chi connectivity index (χ1v) is 10.1. The number of nitrogens with two attached hydrogens (primary N) is 1. The summed E-state index contributed by atoms with van der Waals surface area (Å²) in [4.78, 5) is 16.7. The van der Waals surface area contributed by atoms with E-state index in [2.05, 4.69) is 41.4 Å². The van der Waals surface area contributed by atoms with Gasteiger partial charge in [0, 0.05) is 31.1 Å². The van der Waals surface area contributed by atoms with Crippen molar-refractivity contribution in [2.45, 2.75) is 58.2 Å². The third-order valence-corrected chi connectivity index (χ3v) is 5.08. The molecule has 1 atom stereocenters. The van der Waals surface area contributed by atoms with E-state index >= 15 is 0 Å². The number of hydrogen-bond donors (Lipinski definition) is 2. The van der Waals surface area contributed by atoms with Crippen LogP contribution in [-0.2, 0) is 24.3 Å². The smallest absolute Gasteiger partial charge is 0.237 e. The zero-order chi connectivity index (χ0) is 20.6. The molecule has 0 aliphatic heterocycles. The maximum Gasteiger partial charge on any atom is 0.237 e. The summed E-state index contributed by atoms with van der Waals surface area (Å²) < 4.78 is 7.33. The number of aromatic nitrogens is 3. The third-order valence-electron chi connectivity index (χ3n) is 5.08. The lowest BCUT2D eigenvalue weighted by atomic mass is 9.99. The van der Waals surface area contributed by atoms with E-state index < -0.39 is 6.04 Å². The monoisotopic (exact) mass is 467 g/mol. The fraction of sp³-hybridized carbons (Fsp3) is 0.409. The van der Waals surface area contributed by atoms with Crippen LogP contribution in [0.4, 0.5) is 0 Å². The van der Waals surface area contributed by atoms with E-state index in [-0.39, 0.29) is 37.3 Å². The van der Waals surface area contributed by atoms with Gasteiger partial charge in [-0.3, -0.25) is 4.79 Å². The van der Waals surface area contributed by atoms with Crippen molar-refractivity contribution in [2.24, 2.45) is 5.73 Å². The van der Waals surface area contributed by atoms with Crippen LogP contribution in [0.3, 0.4) is 0 Å². The first-order valence-electron chi connectivity index (χ1n) is 10.1. The van der Waals surface area contributed by atoms with Crippen LogP contribution in [0.1, 0.15) is 55.3 Å². The van der Waals surface area contributed by atoms with Crippen LogP contribution in [0.2, 0.25) is 0 Å². The highest BCUT2D eigenvalue weighted by Crippen LogP contribution is 2.22. The van der Waals surface area contributed by atoms with E-state index in [9.17, 15) is 4.79 Å². The van der Waals surface area contributed by atoms with Crippen LogP contribution in [0.5, 0.6) is 0 Å². The van der Waals surface area contributed by atoms with Gasteiger partial charge in [-0.05, 0) is 18.4 Å². The Balaban J connectivity index is 0.00000240. The van der Waals surface area contributed by atoms with Gasteiger partial charge in [-0.2, -0.15) is 0 Å². The van der Waals surface area contributed by atoms with Crippen LogP contribution in [0, 0.1) is 0 Å². The van der Waals surface area contributed by atoms with Crippen molar-refractivity contribution in [3.8, 4) is 0 Å². The highest BCUT2D eigenvalue weighted by molar-refractivity contribution is 5.85. The Labute approximate surface area is 195 Å². The molecule has 2 aromatic heterocycles. The molecule has 0 spiro atoms. The van der Waals surface area contributed by atoms with Gasteiger partial charge >= 0.3 is 0 Å². The van der Waals surface area contributed by atoms with Crippen LogP contribution in [0.25, 0.3) is 0 Å². The molecule has 3 N–H and O–H groups in total. The lowest BCUT2D eigenvalue weighted by molar-refractivity contribution is -0.122. The fourth-order valence-corrected chi connectivity index (χ4v) is 3.33. The zero-order valence-corrected chi connectivity index (χ0v) is 19.5. The molecule has 1 amide bonds. The standard InChI is InChI=1S/C22H29N5O2.2ClH/c1-3-17(4-2)21-11-19(29-26-21)12-24-22(28)20(23)10-18-14-27(15-25-18)13-16-8-6-5-7-9-16;;/h5-9,11,14-15,17,20H,3-4,10,12-13,23H2,1-2H3,(H,24,28);2*1H/t20-;;/m0../s1. The van der Waals surface area contributed by atoms with Crippen molar-refractivity contribution in [2.75, 3.05) is 0 Å². The number of nitrogens with zero attached hydrogens (tertiary/aromatic N) is 3. The van der Waals surface area contributed by atoms with Crippen LogP contribution in [0.15, 0.2) is 53.4 Å². The molecular weight excluding hydrogens is 437 g/mol. The molecule has 0 aliphatic rings. The van der Waals surface area contributed by atoms with E-state index in [1.165, 1.54) is 5.56 Å². The molecule has 1 aromatic carbocycles. The number of imidazole rings is 1. The Bertz CT molecular complexity index is 910. The van der Waals surface area contributed by atoms with Crippen molar-refractivity contribution in [1.82, 2.24) is 20.0 Å². The van der Waals surface area contributed by atoms with Gasteiger partial charge in [0.25, 0.3) is 0 Å². The summed E-state index contributed by atoms with van der Waals surface area (Å²) in [6, 6.07) is 11.4. The van der Waals surface area contributed by atoms with E-state index in [0.29, 0.717) is 18.1 Å². The number of rotatable bonds is 10. The number of halogens is 2. The van der Waals surface area contributed by atoms with Crippen molar-refractivity contribution >= 4 is 30.7 Å². The molecule has 0 saturated carbocycles. The topological polar surface area (TPSA) is 99.0 Å². The van der Waals surface area contributed by atoms with Crippen LogP contribution in [-0.4, -0.2) is 26.7 Å². The summed E-state index contributed by atoms with van der Waals surface area (Å²) in [6.45, 7) is 5.27. The molecule has 0 bridgehead atoms. The second kappa shape index (κ2) is 13.1. The summed E-state index contributed by atoms with van der Waals surface area (Å²) in [7, 11) is 0. The summed E-state index contributed by atoms with van der Waals surface area (Å²) in [5.41, 5.74) is 8.99. The Morgan fingerprint density at radius 1 is 1.19 bits per heavy atom. The Morgan fingerprint density at radius 2 is 1.90 bits per heavy atom. The maximum atomic E-state index is 12.3. The van der Waals surface area contributed by atoms with E-state index in [0.717, 1.165) is 30.8 Å². The van der Waals surface area contributed by atoms with Crippen molar-refractivity contribution in [3.05, 3.63) is 71.6 Å². The van der Waals surface area contributed by atoms with Crippen molar-refractivity contribution in [3.63, 3.8) is 0 Å². The predicted molar refractivity (Wildman–Crippen MR) is 126 cm³/mol. The van der Waals surface area contributed by atoms with Gasteiger partial charge in [-0.25, -0.2) is 4.98 Å². The van der Waals surface area contributed by atoms with Crippen LogP contribution < -0.4 is 11.1 Å². The normalized spacial score (nSPS) is 11.5. The molecule has 3 rings (SSSR count). The molecule has 0 aliphatic carbocycles. The Kier molecular flexibility index (Phi) is 11.3. The third kappa shape index (κ3) is 7.69. The second-order valence-electron chi connectivity index (χ2n) is 7.28. The van der Waals surface area contributed by atoms with Gasteiger partial charge in [-0.15, -0.1) is 24.8 Å². The second-order valence-corrected chi connectivity index (χ2v) is 7.28. The summed E-state index contributed by atoms with van der Waals surface area (Å²) in [6.07, 6.45) is 6.09. The van der Waals surface area contributed by atoms with E-state index in [1.54, 1.807) is 6.33 Å². The molecule has 7 nitrogen and oxygen atoms in total. The molecule has 0 unspecified atom stereocenters. The number of hydrogen-bond acceptors (Lipinski definition) is 5. The highest BCUT2D eigenvalue weighted by atomic mass is 35.5. The summed E-state index contributed by atoms with van der Waals surface area (Å²) in [5, 5.41) is 6.94. The molecule has 31 heavy (non-hydrogen) atoms. The van der Waals surface area contributed by atoms with Gasteiger partial charge in [0.1, 0.15) is 0 Å². The largest absolute Gasteiger partial charge is 0.359 e. The molecule has 0 fully saturated rings. The predicted octanol–water partition coefficient (Wildman–Crippen LogP) is 3.85. The molecule has 0 radical (unpaired) electrons. The molecule has 3 aromatic rings. The van der Waals surface area contributed by atoms with Gasteiger partial charge < -0.3 is 20.1 Å². The summed E-state index contributed by atoms with van der Waals surface area (Å²) >= 11 is 0. The fourth-order valence-electron chi connectivity index (χ4n) is 3.33. The number of nitrogens with one attached hydrogen (secondary N) is 1. The summed E-state index contributed by atoms with van der Waals surface area (Å²) in [5.74, 6) is 0.791. The Hall–Kier alpha value is -2.35. The number of carbonyl (C=O) groups is 1. The lowest BCUT2D eigenvalue weighted by Gasteiger charge is -2.10. The maximum absolute atomic E-state index is 12.3. The van der Waals surface area contributed by atoms with Gasteiger partial charge in [0.05, 0.1) is 30.3 Å². The zero-order valence-electron chi connectivity index (χ0n) is 17.9. The van der Waals surface area contributed by atoms with Crippen molar-refractivity contribution < 1.29 is 9.32 Å². The van der Waals surface area contributed by atoms with Crippen LogP contribution >= 0.6 is 24.8 Å². The quantitative estimate of drug-likeness (QED) is 0.471. The van der Waals surface area contributed by atoms with E-state index in [4.69, 9.17) is 10.3 Å². The Morgan fingerprint density at radius 3 is 2.58 bits per heavy atom. The number of carbonyl (C=O) groups excluding carboxylic acids is 1.